The van der Waals surface area contributed by atoms with Gasteiger partial charge in [-0.05, 0) is 11.6 Å². The Kier molecular flexibility index (Phi) is 4.20. The molecule has 0 radical (unpaired) electrons. The molecule has 4 N–H and O–H groups in total. The van der Waals surface area contributed by atoms with Crippen molar-refractivity contribution in [2.24, 2.45) is 11.7 Å². The number of nitrogens with two attached hydrogens (primary N) is 1. The van der Waals surface area contributed by atoms with Gasteiger partial charge in [0.15, 0.2) is 17.7 Å². The van der Waals surface area contributed by atoms with Gasteiger partial charge in [-0.25, -0.2) is 10.9 Å². The zero-order valence-corrected chi connectivity index (χ0v) is 15.6. The molecule has 10 nitrogen and oxygen atoms in total. The summed E-state index contributed by atoms with van der Waals surface area (Å²) in [6.45, 7) is -0.0192. The fourth-order valence-electron chi connectivity index (χ4n) is 4.37. The molecule has 10 heteroatoms. The highest BCUT2D eigenvalue weighted by molar-refractivity contribution is 5.60. The van der Waals surface area contributed by atoms with E-state index >= 15 is 0 Å². The molecule has 1 fully saturated rings. The van der Waals surface area contributed by atoms with Gasteiger partial charge in [0.25, 0.3) is 5.69 Å². The van der Waals surface area contributed by atoms with Crippen LogP contribution in [0.2, 0.25) is 0 Å². The Morgan fingerprint density at radius 2 is 1.90 bits per heavy atom. The highest BCUT2D eigenvalue weighted by Crippen LogP contribution is 2.51. The second-order valence-electron chi connectivity index (χ2n) is 7.18. The van der Waals surface area contributed by atoms with Crippen LogP contribution in [0.3, 0.4) is 0 Å². The van der Waals surface area contributed by atoms with Crippen molar-refractivity contribution in [3.63, 3.8) is 0 Å². The highest BCUT2D eigenvalue weighted by Gasteiger charge is 2.51. The molecule has 0 saturated carbocycles. The van der Waals surface area contributed by atoms with Crippen LogP contribution in [0.15, 0.2) is 53.9 Å². The molecular weight excluding hydrogens is 390 g/mol. The summed E-state index contributed by atoms with van der Waals surface area (Å²) in [4.78, 5) is 11.4. The maximum Gasteiger partial charge on any atom is 0.277 e. The molecule has 4 atom stereocenters. The Morgan fingerprint density at radius 1 is 1.17 bits per heavy atom. The number of rotatable bonds is 3. The number of ether oxygens (including phenoxy) is 3. The predicted molar refractivity (Wildman–Crippen MR) is 103 cm³/mol. The lowest BCUT2D eigenvalue weighted by molar-refractivity contribution is -0.385. The molecule has 3 aliphatic heterocycles. The van der Waals surface area contributed by atoms with Crippen LogP contribution in [0.25, 0.3) is 0 Å². The van der Waals surface area contributed by atoms with Crippen LogP contribution in [0, 0.1) is 27.4 Å². The summed E-state index contributed by atoms with van der Waals surface area (Å²) in [6.07, 6.45) is -0.581. The van der Waals surface area contributed by atoms with E-state index in [9.17, 15) is 15.4 Å². The molecule has 5 rings (SSSR count). The molecule has 0 spiro atoms. The number of nitrogens with zero attached hydrogens (tertiary/aromatic N) is 2. The van der Waals surface area contributed by atoms with Crippen molar-refractivity contribution in [1.29, 1.82) is 5.26 Å². The van der Waals surface area contributed by atoms with Gasteiger partial charge in [0.2, 0.25) is 12.7 Å². The summed E-state index contributed by atoms with van der Waals surface area (Å²) < 4.78 is 16.5. The van der Waals surface area contributed by atoms with Gasteiger partial charge in [0, 0.05) is 17.4 Å². The number of hydrazine groups is 1. The molecule has 2 aromatic rings. The third-order valence-corrected chi connectivity index (χ3v) is 5.66. The smallest absolute Gasteiger partial charge is 0.277 e. The first kappa shape index (κ1) is 18.2. The second-order valence-corrected chi connectivity index (χ2v) is 7.18. The minimum atomic E-state index is -0.698. The van der Waals surface area contributed by atoms with E-state index in [1.165, 1.54) is 6.07 Å². The summed E-state index contributed by atoms with van der Waals surface area (Å²) in [6, 6.07) is 14.3. The molecule has 152 valence electrons. The van der Waals surface area contributed by atoms with Crippen LogP contribution in [-0.2, 0) is 4.74 Å². The first-order valence-corrected chi connectivity index (χ1v) is 9.29. The Morgan fingerprint density at radius 3 is 2.60 bits per heavy atom. The quantitative estimate of drug-likeness (QED) is 0.513. The SMILES string of the molecule is N#CC1=C(N)OC2NNC(c3ccccc3)C2C1c1cc2c(cc1[N+](=O)[O-])OCO2. The molecule has 1 saturated heterocycles. The molecular formula is C20H17N5O5. The van der Waals surface area contributed by atoms with Gasteiger partial charge < -0.3 is 19.9 Å². The van der Waals surface area contributed by atoms with Crippen molar-refractivity contribution < 1.29 is 19.1 Å². The lowest BCUT2D eigenvalue weighted by atomic mass is 9.73. The van der Waals surface area contributed by atoms with Gasteiger partial charge in [-0.2, -0.15) is 5.26 Å². The van der Waals surface area contributed by atoms with Crippen molar-refractivity contribution in [1.82, 2.24) is 10.9 Å². The molecule has 3 aliphatic rings. The number of nitro groups is 1. The normalized spacial score (nSPS) is 26.6. The third kappa shape index (κ3) is 2.72. The van der Waals surface area contributed by atoms with E-state index in [0.717, 1.165) is 5.56 Å². The first-order chi connectivity index (χ1) is 14.6. The molecule has 3 heterocycles. The number of nitro benzene ring substituents is 1. The largest absolute Gasteiger partial charge is 0.458 e. The summed E-state index contributed by atoms with van der Waals surface area (Å²) in [5.41, 5.74) is 13.5. The van der Waals surface area contributed by atoms with Gasteiger partial charge in [-0.3, -0.25) is 10.1 Å². The molecule has 0 aliphatic carbocycles. The minimum absolute atomic E-state index is 0.0192. The monoisotopic (exact) mass is 407 g/mol. The number of fused-ring (bicyclic) bond motifs is 2. The van der Waals surface area contributed by atoms with E-state index in [0.29, 0.717) is 17.1 Å². The summed E-state index contributed by atoms with van der Waals surface area (Å²) >= 11 is 0. The fraction of sp³-hybridized carbons (Fsp3) is 0.250. The van der Waals surface area contributed by atoms with Crippen LogP contribution < -0.4 is 26.1 Å². The van der Waals surface area contributed by atoms with E-state index in [1.807, 2.05) is 30.3 Å². The van der Waals surface area contributed by atoms with E-state index in [2.05, 4.69) is 16.9 Å². The number of hydrogen-bond donors (Lipinski definition) is 3. The average Bonchev–Trinajstić information content (AvgIpc) is 3.38. The number of allylic oxidation sites excluding steroid dienone is 1. The second kappa shape index (κ2) is 6.91. The Labute approximate surface area is 170 Å². The number of benzene rings is 2. The zero-order valence-electron chi connectivity index (χ0n) is 15.6. The van der Waals surface area contributed by atoms with Gasteiger partial charge >= 0.3 is 0 Å². The molecule has 2 aromatic carbocycles. The molecule has 0 bridgehead atoms. The average molecular weight is 407 g/mol. The van der Waals surface area contributed by atoms with Crippen molar-refractivity contribution in [3.8, 4) is 17.6 Å². The van der Waals surface area contributed by atoms with Crippen LogP contribution >= 0.6 is 0 Å². The zero-order chi connectivity index (χ0) is 20.8. The summed E-state index contributed by atoms with van der Waals surface area (Å²) in [5, 5.41) is 21.8. The summed E-state index contributed by atoms with van der Waals surface area (Å²) in [5.74, 6) is -0.444. The van der Waals surface area contributed by atoms with Crippen LogP contribution in [0.5, 0.6) is 11.5 Å². The minimum Gasteiger partial charge on any atom is -0.458 e. The number of nitriles is 1. The van der Waals surface area contributed by atoms with Gasteiger partial charge in [0.1, 0.15) is 6.07 Å². The lowest BCUT2D eigenvalue weighted by Crippen LogP contribution is -2.41. The van der Waals surface area contributed by atoms with E-state index in [-0.39, 0.29) is 35.9 Å². The third-order valence-electron chi connectivity index (χ3n) is 5.66. The van der Waals surface area contributed by atoms with E-state index in [4.69, 9.17) is 19.9 Å². The summed E-state index contributed by atoms with van der Waals surface area (Å²) in [7, 11) is 0. The van der Waals surface area contributed by atoms with Crippen LogP contribution in [0.1, 0.15) is 23.1 Å². The number of nitrogens with one attached hydrogen (secondary N) is 2. The lowest BCUT2D eigenvalue weighted by Gasteiger charge is -2.35. The maximum absolute atomic E-state index is 11.9. The van der Waals surface area contributed by atoms with E-state index < -0.39 is 17.1 Å². The fourth-order valence-corrected chi connectivity index (χ4v) is 4.37. The molecule has 30 heavy (non-hydrogen) atoms. The topological polar surface area (TPSA) is 145 Å². The standard InChI is InChI=1S/C20H17N5O5/c21-8-12-16(11-6-14-15(29-9-28-14)7-13(11)25(26)27)17-18(10-4-2-1-3-5-10)23-24-20(17)30-19(12)22/h1-7,16-18,20,23-24H,9,22H2. The number of hydrogen-bond acceptors (Lipinski definition) is 9. The maximum atomic E-state index is 11.9. The van der Waals surface area contributed by atoms with Crippen molar-refractivity contribution in [2.75, 3.05) is 6.79 Å². The highest BCUT2D eigenvalue weighted by atomic mass is 16.7. The molecule has 0 aromatic heterocycles. The van der Waals surface area contributed by atoms with Gasteiger partial charge in [-0.15, -0.1) is 0 Å². The van der Waals surface area contributed by atoms with Crippen LogP contribution in [-0.4, -0.2) is 17.9 Å². The van der Waals surface area contributed by atoms with E-state index in [1.54, 1.807) is 6.07 Å². The van der Waals surface area contributed by atoms with Crippen molar-refractivity contribution >= 4 is 5.69 Å². The van der Waals surface area contributed by atoms with Crippen LogP contribution in [0.4, 0.5) is 5.69 Å². The Hall–Kier alpha value is -3.81. The first-order valence-electron chi connectivity index (χ1n) is 9.29. The van der Waals surface area contributed by atoms with Gasteiger partial charge in [-0.1, -0.05) is 30.3 Å². The molecule has 4 unspecified atom stereocenters. The Bertz CT molecular complexity index is 1100. The van der Waals surface area contributed by atoms with Crippen molar-refractivity contribution in [3.05, 3.63) is 75.2 Å². The predicted octanol–water partition coefficient (Wildman–Crippen LogP) is 1.92. The van der Waals surface area contributed by atoms with Gasteiger partial charge in [0.05, 0.1) is 22.6 Å². The Balaban J connectivity index is 1.70. The molecule has 0 amide bonds. The van der Waals surface area contributed by atoms with Crippen molar-refractivity contribution in [2.45, 2.75) is 18.2 Å².